The van der Waals surface area contributed by atoms with Crippen LogP contribution in [-0.2, 0) is 19.3 Å². The van der Waals surface area contributed by atoms with Gasteiger partial charge in [0.2, 0.25) is 0 Å². The van der Waals surface area contributed by atoms with Gasteiger partial charge < -0.3 is 10.2 Å². The number of nitrogens with two attached hydrogens (primary N) is 1. The van der Waals surface area contributed by atoms with E-state index in [0.29, 0.717) is 6.54 Å². The molecule has 1 heterocycles. The van der Waals surface area contributed by atoms with Crippen LogP contribution in [0, 0.1) is 0 Å². The van der Waals surface area contributed by atoms with Crippen LogP contribution >= 0.6 is 0 Å². The van der Waals surface area contributed by atoms with Gasteiger partial charge in [0.05, 0.1) is 6.20 Å². The minimum absolute atomic E-state index is 0.694. The fourth-order valence-corrected chi connectivity index (χ4v) is 1.75. The minimum Gasteiger partial charge on any atom is -0.446 e. The van der Waals surface area contributed by atoms with E-state index in [4.69, 9.17) is 10.2 Å². The number of aromatic nitrogens is 1. The molecule has 0 aliphatic heterocycles. The number of rotatable bonds is 6. The standard InChI is InChI=1S/C14H18N2O/c15-10-4-7-13-11-16-14(17-13)9-8-12-5-2-1-3-6-12/h1-3,5-6,11H,4,7-10,15H2. The molecule has 0 fully saturated rings. The highest BCUT2D eigenvalue weighted by Crippen LogP contribution is 2.09. The van der Waals surface area contributed by atoms with Gasteiger partial charge in [-0.15, -0.1) is 0 Å². The lowest BCUT2D eigenvalue weighted by molar-refractivity contribution is 0.450. The fourth-order valence-electron chi connectivity index (χ4n) is 1.75. The lowest BCUT2D eigenvalue weighted by Crippen LogP contribution is -1.99. The summed E-state index contributed by atoms with van der Waals surface area (Å²) in [5.74, 6) is 1.76. The third kappa shape index (κ3) is 3.71. The molecule has 90 valence electrons. The predicted octanol–water partition coefficient (Wildman–Crippen LogP) is 2.35. The van der Waals surface area contributed by atoms with E-state index in [0.717, 1.165) is 37.3 Å². The zero-order valence-corrected chi connectivity index (χ0v) is 9.93. The first-order valence-electron chi connectivity index (χ1n) is 6.06. The van der Waals surface area contributed by atoms with Crippen LogP contribution in [0.3, 0.4) is 0 Å². The Hall–Kier alpha value is -1.61. The smallest absolute Gasteiger partial charge is 0.194 e. The molecule has 0 aliphatic rings. The zero-order valence-electron chi connectivity index (χ0n) is 9.93. The normalized spacial score (nSPS) is 10.6. The Morgan fingerprint density at radius 1 is 1.06 bits per heavy atom. The van der Waals surface area contributed by atoms with Gasteiger partial charge in [-0.05, 0) is 24.9 Å². The largest absolute Gasteiger partial charge is 0.446 e. The first-order valence-corrected chi connectivity index (χ1v) is 6.06. The maximum Gasteiger partial charge on any atom is 0.194 e. The Morgan fingerprint density at radius 3 is 2.65 bits per heavy atom. The first kappa shape index (κ1) is 11.9. The summed E-state index contributed by atoms with van der Waals surface area (Å²) < 4.78 is 5.64. The topological polar surface area (TPSA) is 52.0 Å². The van der Waals surface area contributed by atoms with Crippen LogP contribution in [0.15, 0.2) is 40.9 Å². The fraction of sp³-hybridized carbons (Fsp3) is 0.357. The molecule has 0 saturated carbocycles. The number of aryl methyl sites for hydroxylation is 3. The predicted molar refractivity (Wildman–Crippen MR) is 67.7 cm³/mol. The molecule has 0 bridgehead atoms. The van der Waals surface area contributed by atoms with Gasteiger partial charge in [-0.25, -0.2) is 4.98 Å². The third-order valence-electron chi connectivity index (χ3n) is 2.70. The summed E-state index contributed by atoms with van der Waals surface area (Å²) in [7, 11) is 0. The van der Waals surface area contributed by atoms with E-state index in [1.807, 2.05) is 12.3 Å². The first-order chi connectivity index (χ1) is 8.38. The Labute approximate surface area is 102 Å². The molecule has 3 nitrogen and oxygen atoms in total. The van der Waals surface area contributed by atoms with Gasteiger partial charge in [0.25, 0.3) is 0 Å². The highest BCUT2D eigenvalue weighted by atomic mass is 16.4. The van der Waals surface area contributed by atoms with Crippen LogP contribution in [-0.4, -0.2) is 11.5 Å². The lowest BCUT2D eigenvalue weighted by atomic mass is 10.1. The molecular weight excluding hydrogens is 212 g/mol. The van der Waals surface area contributed by atoms with Crippen LogP contribution in [0.25, 0.3) is 0 Å². The second kappa shape index (κ2) is 6.21. The average molecular weight is 230 g/mol. The summed E-state index contributed by atoms with van der Waals surface area (Å²) in [5.41, 5.74) is 6.77. The van der Waals surface area contributed by atoms with Crippen molar-refractivity contribution in [1.82, 2.24) is 4.98 Å². The molecule has 0 unspecified atom stereocenters. The van der Waals surface area contributed by atoms with Crippen LogP contribution in [0.4, 0.5) is 0 Å². The van der Waals surface area contributed by atoms with E-state index in [1.54, 1.807) is 0 Å². The summed E-state index contributed by atoms with van der Waals surface area (Å²) in [5, 5.41) is 0. The van der Waals surface area contributed by atoms with Gasteiger partial charge in [-0.2, -0.15) is 0 Å². The van der Waals surface area contributed by atoms with Crippen molar-refractivity contribution in [3.63, 3.8) is 0 Å². The molecule has 17 heavy (non-hydrogen) atoms. The van der Waals surface area contributed by atoms with E-state index in [2.05, 4.69) is 29.2 Å². The van der Waals surface area contributed by atoms with Crippen molar-refractivity contribution in [2.24, 2.45) is 5.73 Å². The monoisotopic (exact) mass is 230 g/mol. The summed E-state index contributed by atoms with van der Waals surface area (Å²) >= 11 is 0. The summed E-state index contributed by atoms with van der Waals surface area (Å²) in [4.78, 5) is 4.28. The van der Waals surface area contributed by atoms with Gasteiger partial charge in [0, 0.05) is 12.8 Å². The second-order valence-corrected chi connectivity index (χ2v) is 4.10. The Bertz CT molecular complexity index is 436. The summed E-state index contributed by atoms with van der Waals surface area (Å²) in [6.45, 7) is 0.694. The van der Waals surface area contributed by atoms with Crippen molar-refractivity contribution in [1.29, 1.82) is 0 Å². The molecule has 0 aliphatic carbocycles. The number of benzene rings is 1. The highest BCUT2D eigenvalue weighted by molar-refractivity contribution is 5.15. The van der Waals surface area contributed by atoms with E-state index in [9.17, 15) is 0 Å². The van der Waals surface area contributed by atoms with Gasteiger partial charge in [0.1, 0.15) is 5.76 Å². The molecular formula is C14H18N2O. The van der Waals surface area contributed by atoms with E-state index < -0.39 is 0 Å². The van der Waals surface area contributed by atoms with E-state index in [1.165, 1.54) is 5.56 Å². The quantitative estimate of drug-likeness (QED) is 0.828. The number of nitrogens with zero attached hydrogens (tertiary/aromatic N) is 1. The van der Waals surface area contributed by atoms with E-state index >= 15 is 0 Å². The van der Waals surface area contributed by atoms with Crippen LogP contribution in [0.5, 0.6) is 0 Å². The number of oxazole rings is 1. The highest BCUT2D eigenvalue weighted by Gasteiger charge is 2.03. The van der Waals surface area contributed by atoms with Crippen LogP contribution < -0.4 is 5.73 Å². The third-order valence-corrected chi connectivity index (χ3v) is 2.70. The molecule has 1 aromatic heterocycles. The van der Waals surface area contributed by atoms with Crippen LogP contribution in [0.2, 0.25) is 0 Å². The van der Waals surface area contributed by atoms with Gasteiger partial charge >= 0.3 is 0 Å². The molecule has 0 spiro atoms. The molecule has 1 aromatic carbocycles. The molecule has 0 amide bonds. The second-order valence-electron chi connectivity index (χ2n) is 4.10. The van der Waals surface area contributed by atoms with Crippen molar-refractivity contribution in [3.05, 3.63) is 53.7 Å². The van der Waals surface area contributed by atoms with Crippen molar-refractivity contribution >= 4 is 0 Å². The molecule has 3 heteroatoms. The molecule has 0 saturated heterocycles. The minimum atomic E-state index is 0.694. The Balaban J connectivity index is 1.85. The molecule has 0 radical (unpaired) electrons. The maximum absolute atomic E-state index is 5.64. The Kier molecular flexibility index (Phi) is 4.33. The number of hydrogen-bond donors (Lipinski definition) is 1. The maximum atomic E-state index is 5.64. The van der Waals surface area contributed by atoms with Crippen molar-refractivity contribution in [2.45, 2.75) is 25.7 Å². The molecule has 2 N–H and O–H groups in total. The SMILES string of the molecule is NCCCc1cnc(CCc2ccccc2)o1. The van der Waals surface area contributed by atoms with Crippen LogP contribution in [0.1, 0.15) is 23.6 Å². The Morgan fingerprint density at radius 2 is 1.88 bits per heavy atom. The molecule has 0 atom stereocenters. The molecule has 2 rings (SSSR count). The van der Waals surface area contributed by atoms with Crippen molar-refractivity contribution in [2.75, 3.05) is 6.54 Å². The van der Waals surface area contributed by atoms with E-state index in [-0.39, 0.29) is 0 Å². The summed E-state index contributed by atoms with van der Waals surface area (Å²) in [6, 6.07) is 10.4. The van der Waals surface area contributed by atoms with Gasteiger partial charge in [0.15, 0.2) is 5.89 Å². The zero-order chi connectivity index (χ0) is 11.9. The summed E-state index contributed by atoms with van der Waals surface area (Å²) in [6.07, 6.45) is 5.47. The lowest BCUT2D eigenvalue weighted by Gasteiger charge is -1.97. The average Bonchev–Trinajstić information content (AvgIpc) is 2.83. The molecule has 2 aromatic rings. The van der Waals surface area contributed by atoms with Crippen molar-refractivity contribution in [3.8, 4) is 0 Å². The van der Waals surface area contributed by atoms with Crippen molar-refractivity contribution < 1.29 is 4.42 Å². The number of hydrogen-bond acceptors (Lipinski definition) is 3. The van der Waals surface area contributed by atoms with Gasteiger partial charge in [-0.1, -0.05) is 30.3 Å². The van der Waals surface area contributed by atoms with Gasteiger partial charge in [-0.3, -0.25) is 0 Å².